The number of rotatable bonds is 4. The highest BCUT2D eigenvalue weighted by atomic mass is 35.5. The Morgan fingerprint density at radius 1 is 1.40 bits per heavy atom. The number of nitrogens with zero attached hydrogens (tertiary/aromatic N) is 1. The van der Waals surface area contributed by atoms with E-state index in [-0.39, 0.29) is 22.8 Å². The molecule has 108 valence electrons. The Labute approximate surface area is 120 Å². The molecular weight excluding hydrogens is 288 g/mol. The van der Waals surface area contributed by atoms with E-state index in [0.717, 1.165) is 4.90 Å². The van der Waals surface area contributed by atoms with E-state index >= 15 is 0 Å². The molecule has 0 heterocycles. The second-order valence-electron chi connectivity index (χ2n) is 3.86. The molecule has 0 spiro atoms. The zero-order chi connectivity index (χ0) is 15.3. The van der Waals surface area contributed by atoms with Gasteiger partial charge in [0.2, 0.25) is 0 Å². The van der Waals surface area contributed by atoms with E-state index in [9.17, 15) is 14.4 Å². The van der Waals surface area contributed by atoms with Crippen LogP contribution in [0, 0.1) is 0 Å². The number of carboxylic acids is 1. The number of hydrogen-bond donors (Lipinski definition) is 2. The minimum absolute atomic E-state index is 0.0867. The predicted octanol–water partition coefficient (Wildman–Crippen LogP) is 1.67. The highest BCUT2D eigenvalue weighted by Crippen LogP contribution is 2.21. The third-order valence-corrected chi connectivity index (χ3v) is 2.63. The van der Waals surface area contributed by atoms with Gasteiger partial charge in [0.1, 0.15) is 6.54 Å². The maximum atomic E-state index is 11.8. The van der Waals surface area contributed by atoms with Crippen LogP contribution in [0.2, 0.25) is 5.02 Å². The maximum Gasteiger partial charge on any atom is 0.337 e. The van der Waals surface area contributed by atoms with Gasteiger partial charge in [-0.2, -0.15) is 0 Å². The Morgan fingerprint density at radius 2 is 2.05 bits per heavy atom. The van der Waals surface area contributed by atoms with E-state index in [1.165, 1.54) is 32.4 Å². The third kappa shape index (κ3) is 4.13. The number of carboxylic acid groups (broad SMARTS) is 1. The van der Waals surface area contributed by atoms with E-state index in [4.69, 9.17) is 16.7 Å². The minimum atomic E-state index is -1.22. The second kappa shape index (κ2) is 6.76. The number of methoxy groups -OCH3 is 1. The van der Waals surface area contributed by atoms with Crippen molar-refractivity contribution in [1.82, 2.24) is 4.90 Å². The smallest absolute Gasteiger partial charge is 0.337 e. The number of amides is 2. The summed E-state index contributed by atoms with van der Waals surface area (Å²) in [6, 6.07) is 3.40. The number of urea groups is 1. The lowest BCUT2D eigenvalue weighted by Crippen LogP contribution is -2.36. The number of aromatic carboxylic acids is 1. The summed E-state index contributed by atoms with van der Waals surface area (Å²) in [6.07, 6.45) is 0. The van der Waals surface area contributed by atoms with Crippen molar-refractivity contribution < 1.29 is 24.2 Å². The molecule has 0 aliphatic carbocycles. The molecule has 7 nitrogen and oxygen atoms in total. The van der Waals surface area contributed by atoms with Crippen LogP contribution in [0.3, 0.4) is 0 Å². The number of anilines is 1. The van der Waals surface area contributed by atoms with Crippen molar-refractivity contribution in [3.05, 3.63) is 28.8 Å². The molecule has 0 aliphatic heterocycles. The second-order valence-corrected chi connectivity index (χ2v) is 4.29. The van der Waals surface area contributed by atoms with E-state index in [0.29, 0.717) is 0 Å². The topological polar surface area (TPSA) is 95.9 Å². The van der Waals surface area contributed by atoms with Crippen LogP contribution in [0.1, 0.15) is 10.4 Å². The quantitative estimate of drug-likeness (QED) is 0.825. The molecule has 0 fully saturated rings. The maximum absolute atomic E-state index is 11.8. The molecule has 0 unspecified atom stereocenters. The number of carbonyl (C=O) groups excluding carboxylic acids is 2. The van der Waals surface area contributed by atoms with Crippen molar-refractivity contribution >= 4 is 35.3 Å². The number of carbonyl (C=O) groups is 3. The number of halogens is 1. The molecule has 2 amide bonds. The zero-order valence-electron chi connectivity index (χ0n) is 10.8. The molecule has 1 aromatic rings. The lowest BCUT2D eigenvalue weighted by Gasteiger charge is -2.17. The van der Waals surface area contributed by atoms with Crippen molar-refractivity contribution in [1.29, 1.82) is 0 Å². The molecule has 1 aromatic carbocycles. The van der Waals surface area contributed by atoms with Crippen LogP contribution < -0.4 is 5.32 Å². The van der Waals surface area contributed by atoms with Gasteiger partial charge < -0.3 is 20.1 Å². The first-order chi connectivity index (χ1) is 9.35. The predicted molar refractivity (Wildman–Crippen MR) is 72.1 cm³/mol. The largest absolute Gasteiger partial charge is 0.478 e. The number of ether oxygens (including phenoxy) is 1. The molecule has 0 aliphatic rings. The monoisotopic (exact) mass is 300 g/mol. The van der Waals surface area contributed by atoms with Gasteiger partial charge in [-0.25, -0.2) is 9.59 Å². The molecule has 2 N–H and O–H groups in total. The standard InChI is InChI=1S/C12H13ClN2O5/c1-15(6-10(16)20-2)12(19)14-9-4-3-7(13)5-8(9)11(17)18/h3-5H,6H2,1-2H3,(H,14,19)(H,17,18). The molecule has 20 heavy (non-hydrogen) atoms. The van der Waals surface area contributed by atoms with Crippen LogP contribution in [-0.4, -0.2) is 48.7 Å². The molecule has 0 bridgehead atoms. The first-order valence-electron chi connectivity index (χ1n) is 5.47. The fourth-order valence-corrected chi connectivity index (χ4v) is 1.52. The van der Waals surface area contributed by atoms with Crippen molar-refractivity contribution in [2.75, 3.05) is 26.0 Å². The van der Waals surface area contributed by atoms with Crippen LogP contribution in [-0.2, 0) is 9.53 Å². The highest BCUT2D eigenvalue weighted by molar-refractivity contribution is 6.31. The average molecular weight is 301 g/mol. The zero-order valence-corrected chi connectivity index (χ0v) is 11.6. The minimum Gasteiger partial charge on any atom is -0.478 e. The van der Waals surface area contributed by atoms with Gasteiger partial charge in [0.05, 0.1) is 18.4 Å². The molecular formula is C12H13ClN2O5. The fourth-order valence-electron chi connectivity index (χ4n) is 1.34. The summed E-state index contributed by atoms with van der Waals surface area (Å²) in [5.74, 6) is -1.81. The average Bonchev–Trinajstić information content (AvgIpc) is 2.40. The van der Waals surface area contributed by atoms with Crippen LogP contribution in [0.25, 0.3) is 0 Å². The van der Waals surface area contributed by atoms with E-state index < -0.39 is 18.0 Å². The van der Waals surface area contributed by atoms with E-state index in [1.807, 2.05) is 0 Å². The van der Waals surface area contributed by atoms with Gasteiger partial charge in [-0.3, -0.25) is 4.79 Å². The van der Waals surface area contributed by atoms with Gasteiger partial charge in [-0.1, -0.05) is 11.6 Å². The molecule has 0 aromatic heterocycles. The van der Waals surface area contributed by atoms with Crippen molar-refractivity contribution in [2.24, 2.45) is 0 Å². The van der Waals surface area contributed by atoms with Gasteiger partial charge in [0, 0.05) is 12.1 Å². The number of esters is 1. The summed E-state index contributed by atoms with van der Waals surface area (Å²) in [5.41, 5.74) is -0.0547. The Bertz CT molecular complexity index is 547. The number of benzene rings is 1. The van der Waals surface area contributed by atoms with Gasteiger partial charge in [-0.15, -0.1) is 0 Å². The van der Waals surface area contributed by atoms with Crippen LogP contribution in [0.4, 0.5) is 10.5 Å². The molecule has 8 heteroatoms. The Morgan fingerprint density at radius 3 is 2.60 bits per heavy atom. The normalized spacial score (nSPS) is 9.75. The summed E-state index contributed by atoms with van der Waals surface area (Å²) in [5, 5.41) is 11.7. The summed E-state index contributed by atoms with van der Waals surface area (Å²) in [6.45, 7) is -0.252. The fraction of sp³-hybridized carbons (Fsp3) is 0.250. The van der Waals surface area contributed by atoms with Crippen LogP contribution in [0.15, 0.2) is 18.2 Å². The Kier molecular flexibility index (Phi) is 5.33. The Hall–Kier alpha value is -2.28. The highest BCUT2D eigenvalue weighted by Gasteiger charge is 2.17. The molecule has 1 rings (SSSR count). The molecule has 0 saturated carbocycles. The van der Waals surface area contributed by atoms with Crippen LogP contribution >= 0.6 is 11.6 Å². The summed E-state index contributed by atoms with van der Waals surface area (Å²) >= 11 is 5.70. The first-order valence-corrected chi connectivity index (χ1v) is 5.84. The lowest BCUT2D eigenvalue weighted by atomic mass is 10.2. The van der Waals surface area contributed by atoms with Crippen molar-refractivity contribution in [3.8, 4) is 0 Å². The van der Waals surface area contributed by atoms with Crippen molar-refractivity contribution in [2.45, 2.75) is 0 Å². The molecule has 0 atom stereocenters. The van der Waals surface area contributed by atoms with E-state index in [1.54, 1.807) is 0 Å². The van der Waals surface area contributed by atoms with Crippen LogP contribution in [0.5, 0.6) is 0 Å². The first kappa shape index (κ1) is 15.8. The number of nitrogens with one attached hydrogen (secondary N) is 1. The summed E-state index contributed by atoms with van der Waals surface area (Å²) in [4.78, 5) is 35.0. The van der Waals surface area contributed by atoms with Gasteiger partial charge in [0.25, 0.3) is 0 Å². The summed E-state index contributed by atoms with van der Waals surface area (Å²) < 4.78 is 4.43. The van der Waals surface area contributed by atoms with E-state index in [2.05, 4.69) is 10.1 Å². The molecule has 0 saturated heterocycles. The number of likely N-dealkylation sites (N-methyl/N-ethyl adjacent to an activating group) is 1. The number of hydrogen-bond acceptors (Lipinski definition) is 4. The lowest BCUT2D eigenvalue weighted by molar-refractivity contribution is -0.140. The van der Waals surface area contributed by atoms with Gasteiger partial charge in [0.15, 0.2) is 0 Å². The third-order valence-electron chi connectivity index (χ3n) is 2.39. The molecule has 0 radical (unpaired) electrons. The summed E-state index contributed by atoms with van der Waals surface area (Å²) in [7, 11) is 2.58. The Balaban J connectivity index is 2.85. The van der Waals surface area contributed by atoms with Gasteiger partial charge >= 0.3 is 18.0 Å². The van der Waals surface area contributed by atoms with Gasteiger partial charge in [-0.05, 0) is 18.2 Å². The van der Waals surface area contributed by atoms with Crippen molar-refractivity contribution in [3.63, 3.8) is 0 Å². The SMILES string of the molecule is COC(=O)CN(C)C(=O)Nc1ccc(Cl)cc1C(=O)O.